The lowest BCUT2D eigenvalue weighted by Gasteiger charge is -2.35. The van der Waals surface area contributed by atoms with Gasteiger partial charge in [0.2, 0.25) is 17.7 Å². The minimum absolute atomic E-state index is 0.0728. The van der Waals surface area contributed by atoms with Gasteiger partial charge in [-0.15, -0.1) is 0 Å². The zero-order valence-electron chi connectivity index (χ0n) is 21.5. The standard InChI is InChI=1S/C28H35ClN4O4/c1-19-7-3-4-8-24(19)32-15-12-22(13-16-32)37-26-11-10-21(17-23(26)29)31-28(36)25-9-5-6-14-33(25)27(35)18-30-20(2)34/h3-4,7-8,10-11,17,22,25H,5-6,9,12-16,18H2,1-2H3,(H,30,34)(H,31,36)/t25-/m1/s1. The quantitative estimate of drug-likeness (QED) is 0.565. The van der Waals surface area contributed by atoms with E-state index >= 15 is 0 Å². The number of hydrogen-bond acceptors (Lipinski definition) is 5. The van der Waals surface area contributed by atoms with Crippen molar-refractivity contribution >= 4 is 40.7 Å². The van der Waals surface area contributed by atoms with Crippen LogP contribution in [0.4, 0.5) is 11.4 Å². The van der Waals surface area contributed by atoms with Gasteiger partial charge >= 0.3 is 0 Å². The number of nitrogens with one attached hydrogen (secondary N) is 2. The second kappa shape index (κ2) is 12.3. The molecule has 0 spiro atoms. The van der Waals surface area contributed by atoms with Gasteiger partial charge < -0.3 is 25.2 Å². The number of hydrogen-bond donors (Lipinski definition) is 2. The summed E-state index contributed by atoms with van der Waals surface area (Å²) in [6, 6.07) is 13.1. The van der Waals surface area contributed by atoms with Crippen LogP contribution < -0.4 is 20.3 Å². The number of amides is 3. The number of para-hydroxylation sites is 1. The van der Waals surface area contributed by atoms with E-state index in [1.165, 1.54) is 18.2 Å². The van der Waals surface area contributed by atoms with Crippen LogP contribution in [0.15, 0.2) is 42.5 Å². The maximum absolute atomic E-state index is 13.0. The number of carbonyl (C=O) groups excluding carboxylic acids is 3. The van der Waals surface area contributed by atoms with Gasteiger partial charge in [-0.1, -0.05) is 29.8 Å². The monoisotopic (exact) mass is 526 g/mol. The Morgan fingerprint density at radius 1 is 1.03 bits per heavy atom. The van der Waals surface area contributed by atoms with E-state index in [0.29, 0.717) is 29.4 Å². The predicted molar refractivity (Wildman–Crippen MR) is 145 cm³/mol. The molecule has 8 nitrogen and oxygen atoms in total. The van der Waals surface area contributed by atoms with Crippen molar-refractivity contribution in [3.05, 3.63) is 53.1 Å². The number of halogens is 1. The Morgan fingerprint density at radius 2 is 1.78 bits per heavy atom. The van der Waals surface area contributed by atoms with Crippen LogP contribution in [-0.2, 0) is 14.4 Å². The second-order valence-electron chi connectivity index (χ2n) is 9.73. The van der Waals surface area contributed by atoms with E-state index in [4.69, 9.17) is 16.3 Å². The van der Waals surface area contributed by atoms with Crippen molar-refractivity contribution in [2.45, 2.75) is 58.1 Å². The predicted octanol–water partition coefficient (Wildman–Crippen LogP) is 4.15. The van der Waals surface area contributed by atoms with Gasteiger partial charge in [0.25, 0.3) is 0 Å². The number of carbonyl (C=O) groups is 3. The molecule has 2 aromatic carbocycles. The molecular weight excluding hydrogens is 492 g/mol. The highest BCUT2D eigenvalue weighted by Gasteiger charge is 2.32. The summed E-state index contributed by atoms with van der Waals surface area (Å²) in [5, 5.41) is 5.84. The van der Waals surface area contributed by atoms with Crippen LogP contribution in [0, 0.1) is 6.92 Å². The highest BCUT2D eigenvalue weighted by molar-refractivity contribution is 6.32. The zero-order chi connectivity index (χ0) is 26.4. The Morgan fingerprint density at radius 3 is 2.49 bits per heavy atom. The van der Waals surface area contributed by atoms with Crippen LogP contribution in [0.2, 0.25) is 5.02 Å². The molecule has 0 radical (unpaired) electrons. The molecule has 0 aromatic heterocycles. The Bertz CT molecular complexity index is 1130. The lowest BCUT2D eigenvalue weighted by molar-refractivity contribution is -0.140. The highest BCUT2D eigenvalue weighted by atomic mass is 35.5. The summed E-state index contributed by atoms with van der Waals surface area (Å²) in [7, 11) is 0. The maximum Gasteiger partial charge on any atom is 0.247 e. The molecule has 1 atom stereocenters. The Labute approximate surface area is 223 Å². The number of likely N-dealkylation sites (tertiary alicyclic amines) is 1. The molecule has 2 aromatic rings. The van der Waals surface area contributed by atoms with Gasteiger partial charge in [0.05, 0.1) is 11.6 Å². The van der Waals surface area contributed by atoms with Crippen LogP contribution >= 0.6 is 11.6 Å². The largest absolute Gasteiger partial charge is 0.489 e. The number of benzene rings is 2. The lowest BCUT2D eigenvalue weighted by Crippen LogP contribution is -2.52. The van der Waals surface area contributed by atoms with Crippen LogP contribution in [0.1, 0.15) is 44.6 Å². The molecule has 198 valence electrons. The van der Waals surface area contributed by atoms with Crippen molar-refractivity contribution in [1.29, 1.82) is 0 Å². The van der Waals surface area contributed by atoms with Crippen molar-refractivity contribution in [1.82, 2.24) is 10.2 Å². The number of ether oxygens (including phenoxy) is 1. The van der Waals surface area contributed by atoms with Gasteiger partial charge in [-0.2, -0.15) is 0 Å². The van der Waals surface area contributed by atoms with Gasteiger partial charge in [-0.25, -0.2) is 0 Å². The molecule has 0 aliphatic carbocycles. The Hall–Kier alpha value is -3.26. The third kappa shape index (κ3) is 6.95. The average Bonchev–Trinajstić information content (AvgIpc) is 2.89. The molecule has 9 heteroatoms. The first kappa shape index (κ1) is 26.8. The smallest absolute Gasteiger partial charge is 0.247 e. The number of rotatable bonds is 7. The van der Waals surface area contributed by atoms with Crippen molar-refractivity contribution in [3.8, 4) is 5.75 Å². The summed E-state index contributed by atoms with van der Waals surface area (Å²) in [5.74, 6) is -0.201. The van der Waals surface area contributed by atoms with E-state index in [-0.39, 0.29) is 30.4 Å². The molecule has 2 saturated heterocycles. The fraction of sp³-hybridized carbons (Fsp3) is 0.464. The molecule has 0 saturated carbocycles. The van der Waals surface area contributed by atoms with E-state index in [9.17, 15) is 14.4 Å². The SMILES string of the molecule is CC(=O)NCC(=O)N1CCCC[C@@H]1C(=O)Nc1ccc(OC2CCN(c3ccccc3C)CC2)c(Cl)c1. The molecule has 37 heavy (non-hydrogen) atoms. The maximum atomic E-state index is 13.0. The molecule has 2 aliphatic heterocycles. The average molecular weight is 527 g/mol. The van der Waals surface area contributed by atoms with Gasteiger partial charge in [-0.05, 0) is 56.0 Å². The molecule has 4 rings (SSSR count). The summed E-state index contributed by atoms with van der Waals surface area (Å²) >= 11 is 6.52. The highest BCUT2D eigenvalue weighted by Crippen LogP contribution is 2.32. The van der Waals surface area contributed by atoms with Crippen LogP contribution in [0.3, 0.4) is 0 Å². The number of anilines is 2. The van der Waals surface area contributed by atoms with E-state index in [1.54, 1.807) is 23.1 Å². The van der Waals surface area contributed by atoms with Crippen LogP contribution in [-0.4, -0.2) is 60.9 Å². The molecule has 0 bridgehead atoms. The minimum atomic E-state index is -0.580. The summed E-state index contributed by atoms with van der Waals surface area (Å²) in [4.78, 5) is 40.7. The van der Waals surface area contributed by atoms with E-state index in [0.717, 1.165) is 38.8 Å². The van der Waals surface area contributed by atoms with Gasteiger partial charge in [-0.3, -0.25) is 14.4 Å². The third-order valence-corrected chi connectivity index (χ3v) is 7.30. The van der Waals surface area contributed by atoms with E-state index in [1.807, 2.05) is 0 Å². The van der Waals surface area contributed by atoms with Crippen molar-refractivity contribution < 1.29 is 19.1 Å². The fourth-order valence-electron chi connectivity index (χ4n) is 5.02. The van der Waals surface area contributed by atoms with Crippen molar-refractivity contribution in [2.75, 3.05) is 36.4 Å². The summed E-state index contributed by atoms with van der Waals surface area (Å²) in [6.45, 7) is 5.71. The van der Waals surface area contributed by atoms with Gasteiger partial charge in [0, 0.05) is 50.8 Å². The fourth-order valence-corrected chi connectivity index (χ4v) is 5.24. The second-order valence-corrected chi connectivity index (χ2v) is 10.1. The van der Waals surface area contributed by atoms with Crippen molar-refractivity contribution in [2.24, 2.45) is 0 Å². The van der Waals surface area contributed by atoms with E-state index in [2.05, 4.69) is 46.7 Å². The van der Waals surface area contributed by atoms with Crippen LogP contribution in [0.5, 0.6) is 5.75 Å². The van der Waals surface area contributed by atoms with Crippen LogP contribution in [0.25, 0.3) is 0 Å². The molecule has 2 heterocycles. The lowest BCUT2D eigenvalue weighted by atomic mass is 10.0. The van der Waals surface area contributed by atoms with E-state index < -0.39 is 6.04 Å². The molecule has 2 fully saturated rings. The molecule has 0 unspecified atom stereocenters. The number of nitrogens with zero attached hydrogens (tertiary/aromatic N) is 2. The normalized spacial score (nSPS) is 18.3. The first-order valence-electron chi connectivity index (χ1n) is 12.9. The summed E-state index contributed by atoms with van der Waals surface area (Å²) in [5.41, 5.74) is 3.10. The topological polar surface area (TPSA) is 91.0 Å². The zero-order valence-corrected chi connectivity index (χ0v) is 22.2. The molecule has 3 amide bonds. The third-order valence-electron chi connectivity index (χ3n) is 7.01. The molecular formula is C28H35ClN4O4. The molecule has 2 N–H and O–H groups in total. The molecule has 2 aliphatic rings. The van der Waals surface area contributed by atoms with Gasteiger partial charge in [0.15, 0.2) is 0 Å². The van der Waals surface area contributed by atoms with Crippen molar-refractivity contribution in [3.63, 3.8) is 0 Å². The first-order chi connectivity index (χ1) is 17.8. The Kier molecular flexibility index (Phi) is 8.92. The summed E-state index contributed by atoms with van der Waals surface area (Å²) < 4.78 is 6.21. The Balaban J connectivity index is 1.32. The number of piperidine rings is 2. The first-order valence-corrected chi connectivity index (χ1v) is 13.3. The number of aryl methyl sites for hydroxylation is 1. The summed E-state index contributed by atoms with van der Waals surface area (Å²) in [6.07, 6.45) is 4.13. The minimum Gasteiger partial charge on any atom is -0.489 e. The van der Waals surface area contributed by atoms with Gasteiger partial charge in [0.1, 0.15) is 17.9 Å².